The van der Waals surface area contributed by atoms with E-state index in [-0.39, 0.29) is 6.61 Å². The first-order valence-electron chi connectivity index (χ1n) is 6.31. The van der Waals surface area contributed by atoms with E-state index in [0.717, 1.165) is 38.7 Å². The number of hydrogen-bond acceptors (Lipinski definition) is 4. The van der Waals surface area contributed by atoms with Crippen LogP contribution < -0.4 is 5.32 Å². The highest BCUT2D eigenvalue weighted by Crippen LogP contribution is 2.15. The van der Waals surface area contributed by atoms with Crippen LogP contribution in [0.3, 0.4) is 0 Å². The minimum atomic E-state index is 0.286. The van der Waals surface area contributed by atoms with E-state index in [0.29, 0.717) is 6.04 Å². The van der Waals surface area contributed by atoms with Crippen LogP contribution in [-0.4, -0.2) is 62.6 Å². The normalized spacial score (nSPS) is 21.2. The summed E-state index contributed by atoms with van der Waals surface area (Å²) < 4.78 is 5.09. The van der Waals surface area contributed by atoms with Crippen LogP contribution in [0.4, 0.5) is 0 Å². The molecule has 1 atom stereocenters. The van der Waals surface area contributed by atoms with Crippen LogP contribution in [0.1, 0.15) is 19.8 Å². The van der Waals surface area contributed by atoms with E-state index in [1.807, 2.05) is 0 Å². The van der Waals surface area contributed by atoms with Gasteiger partial charge in [0.15, 0.2) is 0 Å². The molecule has 1 rings (SSSR count). The molecule has 0 spiro atoms. The highest BCUT2D eigenvalue weighted by Gasteiger charge is 2.18. The van der Waals surface area contributed by atoms with Gasteiger partial charge in [-0.05, 0) is 45.3 Å². The average molecular weight is 230 g/mol. The first kappa shape index (κ1) is 13.9. The van der Waals surface area contributed by atoms with Gasteiger partial charge in [-0.3, -0.25) is 0 Å². The Morgan fingerprint density at radius 1 is 1.44 bits per heavy atom. The summed E-state index contributed by atoms with van der Waals surface area (Å²) in [6, 6.07) is 0.445. The molecule has 2 N–H and O–H groups in total. The Morgan fingerprint density at radius 2 is 2.12 bits per heavy atom. The maximum Gasteiger partial charge on any atom is 0.0613 e. The number of rotatable bonds is 7. The summed E-state index contributed by atoms with van der Waals surface area (Å²) >= 11 is 0. The van der Waals surface area contributed by atoms with Gasteiger partial charge in [0.1, 0.15) is 0 Å². The second-order valence-corrected chi connectivity index (χ2v) is 4.77. The molecule has 1 saturated heterocycles. The van der Waals surface area contributed by atoms with Crippen LogP contribution in [-0.2, 0) is 4.74 Å². The van der Waals surface area contributed by atoms with Crippen molar-refractivity contribution in [2.45, 2.75) is 25.8 Å². The predicted octanol–water partition coefficient (Wildman–Crippen LogP) is 0.315. The van der Waals surface area contributed by atoms with E-state index in [2.05, 4.69) is 17.1 Å². The molecule has 0 amide bonds. The Labute approximate surface area is 99.0 Å². The van der Waals surface area contributed by atoms with Gasteiger partial charge < -0.3 is 20.1 Å². The minimum Gasteiger partial charge on any atom is -0.395 e. The zero-order valence-electron chi connectivity index (χ0n) is 10.6. The molecule has 1 unspecified atom stereocenters. The lowest BCUT2D eigenvalue weighted by Gasteiger charge is -2.32. The minimum absolute atomic E-state index is 0.286. The Bertz CT molecular complexity index is 170. The van der Waals surface area contributed by atoms with Gasteiger partial charge in [0.05, 0.1) is 13.2 Å². The van der Waals surface area contributed by atoms with Crippen molar-refractivity contribution in [3.05, 3.63) is 0 Å². The van der Waals surface area contributed by atoms with E-state index in [1.54, 1.807) is 7.11 Å². The lowest BCUT2D eigenvalue weighted by Crippen LogP contribution is -2.41. The summed E-state index contributed by atoms with van der Waals surface area (Å²) in [5.74, 6) is 0.786. The zero-order chi connectivity index (χ0) is 11.8. The standard InChI is InChI=1S/C12H26N2O2/c1-11(10-16-2)13-9-12-3-5-14(6-4-12)7-8-15/h11-13,15H,3-10H2,1-2H3. The number of likely N-dealkylation sites (tertiary alicyclic amines) is 1. The zero-order valence-corrected chi connectivity index (χ0v) is 10.6. The lowest BCUT2D eigenvalue weighted by molar-refractivity contribution is 0.138. The summed E-state index contributed by atoms with van der Waals surface area (Å²) in [6.45, 7) is 7.41. The Morgan fingerprint density at radius 3 is 2.69 bits per heavy atom. The van der Waals surface area contributed by atoms with Crippen LogP contribution in [0, 0.1) is 5.92 Å². The molecule has 0 saturated carbocycles. The van der Waals surface area contributed by atoms with E-state index in [1.165, 1.54) is 12.8 Å². The lowest BCUT2D eigenvalue weighted by atomic mass is 9.96. The Kier molecular flexibility index (Phi) is 6.96. The third-order valence-corrected chi connectivity index (χ3v) is 3.30. The smallest absolute Gasteiger partial charge is 0.0613 e. The first-order chi connectivity index (χ1) is 7.76. The maximum atomic E-state index is 8.85. The Hall–Kier alpha value is -0.160. The summed E-state index contributed by atoms with van der Waals surface area (Å²) in [4.78, 5) is 2.34. The van der Waals surface area contributed by atoms with Crippen molar-refractivity contribution in [2.24, 2.45) is 5.92 Å². The number of nitrogens with one attached hydrogen (secondary N) is 1. The predicted molar refractivity (Wildman–Crippen MR) is 65.6 cm³/mol. The van der Waals surface area contributed by atoms with E-state index >= 15 is 0 Å². The number of nitrogens with zero attached hydrogens (tertiary/aromatic N) is 1. The highest BCUT2D eigenvalue weighted by molar-refractivity contribution is 4.74. The molecule has 1 heterocycles. The molecule has 0 bridgehead atoms. The van der Waals surface area contributed by atoms with E-state index in [9.17, 15) is 0 Å². The van der Waals surface area contributed by atoms with Crippen molar-refractivity contribution >= 4 is 0 Å². The third kappa shape index (κ3) is 5.25. The highest BCUT2D eigenvalue weighted by atomic mass is 16.5. The summed E-state index contributed by atoms with van der Waals surface area (Å²) in [5, 5.41) is 12.4. The summed E-state index contributed by atoms with van der Waals surface area (Å²) in [6.07, 6.45) is 2.49. The molecule has 4 nitrogen and oxygen atoms in total. The fourth-order valence-corrected chi connectivity index (χ4v) is 2.23. The fourth-order valence-electron chi connectivity index (χ4n) is 2.23. The molecule has 4 heteroatoms. The quantitative estimate of drug-likeness (QED) is 0.661. The number of ether oxygens (including phenoxy) is 1. The van der Waals surface area contributed by atoms with Gasteiger partial charge in [-0.1, -0.05) is 0 Å². The van der Waals surface area contributed by atoms with Gasteiger partial charge in [0, 0.05) is 19.7 Å². The molecule has 0 aromatic heterocycles. The second kappa shape index (κ2) is 8.01. The molecule has 0 aliphatic carbocycles. The molecule has 1 fully saturated rings. The molecular weight excluding hydrogens is 204 g/mol. The molecule has 1 aliphatic rings. The topological polar surface area (TPSA) is 44.7 Å². The maximum absolute atomic E-state index is 8.85. The van der Waals surface area contributed by atoms with Crippen molar-refractivity contribution in [3.8, 4) is 0 Å². The number of aliphatic hydroxyl groups excluding tert-OH is 1. The monoisotopic (exact) mass is 230 g/mol. The van der Waals surface area contributed by atoms with Crippen LogP contribution >= 0.6 is 0 Å². The van der Waals surface area contributed by atoms with Crippen molar-refractivity contribution in [1.82, 2.24) is 10.2 Å². The third-order valence-electron chi connectivity index (χ3n) is 3.30. The fraction of sp³-hybridized carbons (Fsp3) is 1.00. The average Bonchev–Trinajstić information content (AvgIpc) is 2.29. The number of aliphatic hydroxyl groups is 1. The number of β-amino-alcohol motifs (C(OH)–C–C–N with tert-alkyl or cyclic N) is 1. The van der Waals surface area contributed by atoms with Gasteiger partial charge in [-0.2, -0.15) is 0 Å². The van der Waals surface area contributed by atoms with Crippen molar-refractivity contribution in [1.29, 1.82) is 0 Å². The van der Waals surface area contributed by atoms with Crippen molar-refractivity contribution in [2.75, 3.05) is 46.5 Å². The van der Waals surface area contributed by atoms with Crippen LogP contribution in [0.5, 0.6) is 0 Å². The van der Waals surface area contributed by atoms with Crippen molar-refractivity contribution < 1.29 is 9.84 Å². The van der Waals surface area contributed by atoms with Crippen LogP contribution in [0.25, 0.3) is 0 Å². The molecule has 16 heavy (non-hydrogen) atoms. The molecule has 0 radical (unpaired) electrons. The van der Waals surface area contributed by atoms with Gasteiger partial charge in [0.25, 0.3) is 0 Å². The van der Waals surface area contributed by atoms with Gasteiger partial charge >= 0.3 is 0 Å². The molecule has 0 aromatic rings. The molecular formula is C12H26N2O2. The first-order valence-corrected chi connectivity index (χ1v) is 6.31. The second-order valence-electron chi connectivity index (χ2n) is 4.77. The van der Waals surface area contributed by atoms with Crippen LogP contribution in [0.2, 0.25) is 0 Å². The largest absolute Gasteiger partial charge is 0.395 e. The molecule has 1 aliphatic heterocycles. The van der Waals surface area contributed by atoms with E-state index < -0.39 is 0 Å². The Balaban J connectivity index is 2.07. The number of hydrogen-bond donors (Lipinski definition) is 2. The van der Waals surface area contributed by atoms with Gasteiger partial charge in [-0.25, -0.2) is 0 Å². The SMILES string of the molecule is COCC(C)NCC1CCN(CCO)CC1. The van der Waals surface area contributed by atoms with Gasteiger partial charge in [0.2, 0.25) is 0 Å². The van der Waals surface area contributed by atoms with Gasteiger partial charge in [-0.15, -0.1) is 0 Å². The van der Waals surface area contributed by atoms with Crippen molar-refractivity contribution in [3.63, 3.8) is 0 Å². The molecule has 96 valence electrons. The number of piperidine rings is 1. The van der Waals surface area contributed by atoms with Crippen LogP contribution in [0.15, 0.2) is 0 Å². The number of methoxy groups -OCH3 is 1. The molecule has 0 aromatic carbocycles. The summed E-state index contributed by atoms with van der Waals surface area (Å²) in [5.41, 5.74) is 0. The summed E-state index contributed by atoms with van der Waals surface area (Å²) in [7, 11) is 1.74. The van der Waals surface area contributed by atoms with E-state index in [4.69, 9.17) is 9.84 Å².